The van der Waals surface area contributed by atoms with Crippen LogP contribution in [0.3, 0.4) is 0 Å². The molecule has 2 aliphatic carbocycles. The van der Waals surface area contributed by atoms with Crippen molar-refractivity contribution in [2.75, 3.05) is 0 Å². The van der Waals surface area contributed by atoms with Crippen molar-refractivity contribution in [1.82, 2.24) is 4.90 Å². The van der Waals surface area contributed by atoms with Crippen LogP contribution in [0.2, 0.25) is 0 Å². The molecule has 4 rings (SSSR count). The normalized spacial score (nSPS) is 46.9. The molecule has 4 bridgehead atoms. The van der Waals surface area contributed by atoms with Crippen LogP contribution in [0, 0.1) is 11.8 Å². The number of piperidine rings is 2. The summed E-state index contributed by atoms with van der Waals surface area (Å²) >= 11 is 0. The molecule has 0 aromatic heterocycles. The molecule has 3 heteroatoms. The highest BCUT2D eigenvalue weighted by atomic mass is 16.4. The van der Waals surface area contributed by atoms with Gasteiger partial charge in [-0.3, -0.25) is 0 Å². The van der Waals surface area contributed by atoms with Crippen LogP contribution >= 0.6 is 0 Å². The van der Waals surface area contributed by atoms with E-state index < -0.39 is 6.09 Å². The highest BCUT2D eigenvalue weighted by Crippen LogP contribution is 2.48. The van der Waals surface area contributed by atoms with Gasteiger partial charge in [-0.25, -0.2) is 4.79 Å². The molecule has 1 N–H and O–H groups in total. The second-order valence-electron chi connectivity index (χ2n) is 4.91. The Bertz CT molecular complexity index is 223. The third-order valence-electron chi connectivity index (χ3n) is 4.10. The number of nitrogens with zero attached hydrogens (tertiary/aromatic N) is 1. The van der Waals surface area contributed by atoms with Crippen LogP contribution in [-0.2, 0) is 0 Å². The summed E-state index contributed by atoms with van der Waals surface area (Å²) in [6, 6.07) is 0.738. The fourth-order valence-corrected chi connectivity index (χ4v) is 3.85. The minimum Gasteiger partial charge on any atom is -0.465 e. The zero-order chi connectivity index (χ0) is 9.00. The van der Waals surface area contributed by atoms with E-state index in [-0.39, 0.29) is 0 Å². The minimum absolute atomic E-state index is 0.369. The van der Waals surface area contributed by atoms with Crippen molar-refractivity contribution in [3.05, 3.63) is 0 Å². The Balaban J connectivity index is 1.89. The van der Waals surface area contributed by atoms with E-state index in [2.05, 4.69) is 0 Å². The Hall–Kier alpha value is -0.730. The molecule has 1 amide bonds. The number of amides is 1. The first-order chi connectivity index (χ1) is 6.24. The molecule has 4 fully saturated rings. The molecule has 0 aromatic rings. The first-order valence-electron chi connectivity index (χ1n) is 5.25. The van der Waals surface area contributed by atoms with Gasteiger partial charge < -0.3 is 10.0 Å². The van der Waals surface area contributed by atoms with Gasteiger partial charge in [0, 0.05) is 12.1 Å². The van der Waals surface area contributed by atoms with Crippen LogP contribution in [0.4, 0.5) is 4.79 Å². The molecule has 0 radical (unpaired) electrons. The maximum atomic E-state index is 11.0. The van der Waals surface area contributed by atoms with Gasteiger partial charge in [0.05, 0.1) is 0 Å². The van der Waals surface area contributed by atoms with E-state index in [0.717, 1.165) is 37.5 Å². The lowest BCUT2D eigenvalue weighted by Crippen LogP contribution is -2.59. The van der Waals surface area contributed by atoms with Crippen LogP contribution in [-0.4, -0.2) is 28.2 Å². The number of hydrogen-bond acceptors (Lipinski definition) is 1. The number of hydrogen-bond donors (Lipinski definition) is 1. The Morgan fingerprint density at radius 3 is 1.85 bits per heavy atom. The largest absolute Gasteiger partial charge is 0.465 e. The van der Waals surface area contributed by atoms with Crippen LogP contribution in [0.5, 0.6) is 0 Å². The Kier molecular flexibility index (Phi) is 1.41. The first kappa shape index (κ1) is 7.65. The average Bonchev–Trinajstić information content (AvgIpc) is 2.00. The third-order valence-corrected chi connectivity index (χ3v) is 4.10. The van der Waals surface area contributed by atoms with E-state index in [1.165, 1.54) is 6.42 Å². The predicted molar refractivity (Wildman–Crippen MR) is 47.5 cm³/mol. The fraction of sp³-hybridized carbons (Fsp3) is 0.900. The topological polar surface area (TPSA) is 40.5 Å². The summed E-state index contributed by atoms with van der Waals surface area (Å²) in [5.41, 5.74) is 0. The standard InChI is InChI=1S/C10H15NO2/c12-10(13)11-8-2-6-1-7(4-8)5-9(11)3-6/h6-9H,1-5H2,(H,12,13). The van der Waals surface area contributed by atoms with E-state index in [0.29, 0.717) is 12.1 Å². The third kappa shape index (κ3) is 0.990. The molecule has 2 saturated carbocycles. The molecular weight excluding hydrogens is 166 g/mol. The lowest BCUT2D eigenvalue weighted by Gasteiger charge is -2.55. The van der Waals surface area contributed by atoms with Gasteiger partial charge in [0.1, 0.15) is 0 Å². The summed E-state index contributed by atoms with van der Waals surface area (Å²) in [5.74, 6) is 1.69. The van der Waals surface area contributed by atoms with E-state index in [1.54, 1.807) is 4.90 Å². The van der Waals surface area contributed by atoms with E-state index in [9.17, 15) is 4.79 Å². The van der Waals surface area contributed by atoms with Gasteiger partial charge in [-0.1, -0.05) is 0 Å². The molecule has 0 spiro atoms. The lowest BCUT2D eigenvalue weighted by molar-refractivity contribution is -0.0438. The van der Waals surface area contributed by atoms with E-state index in [4.69, 9.17) is 5.11 Å². The highest BCUT2D eigenvalue weighted by Gasteiger charge is 2.48. The van der Waals surface area contributed by atoms with Crippen molar-refractivity contribution >= 4 is 6.09 Å². The van der Waals surface area contributed by atoms with Gasteiger partial charge in [0.15, 0.2) is 0 Å². The summed E-state index contributed by atoms with van der Waals surface area (Å²) in [5, 5.41) is 9.07. The Morgan fingerprint density at radius 2 is 1.46 bits per heavy atom. The monoisotopic (exact) mass is 181 g/mol. The van der Waals surface area contributed by atoms with Crippen molar-refractivity contribution in [2.45, 2.75) is 44.2 Å². The van der Waals surface area contributed by atoms with Gasteiger partial charge >= 0.3 is 6.09 Å². The molecule has 0 atom stereocenters. The van der Waals surface area contributed by atoms with Gasteiger partial charge in [-0.2, -0.15) is 0 Å². The molecule has 72 valence electrons. The molecular formula is C10H15NO2. The molecule has 2 aliphatic heterocycles. The quantitative estimate of drug-likeness (QED) is 0.620. The molecule has 0 unspecified atom stereocenters. The van der Waals surface area contributed by atoms with E-state index >= 15 is 0 Å². The van der Waals surface area contributed by atoms with Gasteiger partial charge in [0.25, 0.3) is 0 Å². The first-order valence-corrected chi connectivity index (χ1v) is 5.25. The smallest absolute Gasteiger partial charge is 0.407 e. The van der Waals surface area contributed by atoms with Crippen molar-refractivity contribution in [3.63, 3.8) is 0 Å². The lowest BCUT2D eigenvalue weighted by atomic mass is 9.64. The van der Waals surface area contributed by atoms with Crippen LogP contribution in [0.25, 0.3) is 0 Å². The zero-order valence-corrected chi connectivity index (χ0v) is 7.65. The number of carbonyl (C=O) groups is 1. The molecule has 4 aliphatic rings. The molecule has 2 saturated heterocycles. The summed E-state index contributed by atoms with van der Waals surface area (Å²) in [4.78, 5) is 12.8. The fourth-order valence-electron chi connectivity index (χ4n) is 3.85. The van der Waals surface area contributed by atoms with Crippen LogP contribution in [0.1, 0.15) is 32.1 Å². The molecule has 0 aromatic carbocycles. The minimum atomic E-state index is -0.686. The highest BCUT2D eigenvalue weighted by molar-refractivity contribution is 5.66. The van der Waals surface area contributed by atoms with Crippen molar-refractivity contribution in [3.8, 4) is 0 Å². The van der Waals surface area contributed by atoms with Gasteiger partial charge in [0.2, 0.25) is 0 Å². The average molecular weight is 181 g/mol. The predicted octanol–water partition coefficient (Wildman–Crippen LogP) is 1.93. The number of rotatable bonds is 0. The van der Waals surface area contributed by atoms with E-state index in [1.807, 2.05) is 0 Å². The summed E-state index contributed by atoms with van der Waals surface area (Å²) in [6.45, 7) is 0. The molecule has 2 heterocycles. The van der Waals surface area contributed by atoms with Crippen molar-refractivity contribution in [2.24, 2.45) is 11.8 Å². The van der Waals surface area contributed by atoms with Crippen LogP contribution in [0.15, 0.2) is 0 Å². The maximum absolute atomic E-state index is 11.0. The summed E-state index contributed by atoms with van der Waals surface area (Å²) in [6.07, 6.45) is 5.24. The van der Waals surface area contributed by atoms with Gasteiger partial charge in [-0.15, -0.1) is 0 Å². The second-order valence-corrected chi connectivity index (χ2v) is 4.91. The molecule has 3 nitrogen and oxygen atoms in total. The van der Waals surface area contributed by atoms with Crippen molar-refractivity contribution in [1.29, 1.82) is 0 Å². The van der Waals surface area contributed by atoms with Gasteiger partial charge in [-0.05, 0) is 43.9 Å². The number of carboxylic acid groups (broad SMARTS) is 1. The van der Waals surface area contributed by atoms with Crippen molar-refractivity contribution < 1.29 is 9.90 Å². The SMILES string of the molecule is O=C(O)N1C2CC3CC(C2)CC1C3. The molecule has 13 heavy (non-hydrogen) atoms. The maximum Gasteiger partial charge on any atom is 0.407 e. The van der Waals surface area contributed by atoms with Crippen LogP contribution < -0.4 is 0 Å². The summed E-state index contributed by atoms with van der Waals surface area (Å²) in [7, 11) is 0. The Morgan fingerprint density at radius 1 is 1.00 bits per heavy atom. The zero-order valence-electron chi connectivity index (χ0n) is 7.65. The Labute approximate surface area is 77.7 Å². The summed E-state index contributed by atoms with van der Waals surface area (Å²) < 4.78 is 0. The second kappa shape index (κ2) is 2.40.